The molecular formula is C31H28F2N4O6. The average molecular weight is 591 g/mol. The van der Waals surface area contributed by atoms with E-state index in [4.69, 9.17) is 9.57 Å². The van der Waals surface area contributed by atoms with E-state index in [2.05, 4.69) is 10.5 Å². The largest absolute Gasteiger partial charge is 0.483 e. The number of aromatic nitrogens is 1. The fraction of sp³-hybridized carbons (Fsp3) is 0.323. The van der Waals surface area contributed by atoms with E-state index in [9.17, 15) is 28.0 Å². The maximum Gasteiger partial charge on any atom is 0.274 e. The van der Waals surface area contributed by atoms with E-state index in [1.54, 1.807) is 36.1 Å². The van der Waals surface area contributed by atoms with Gasteiger partial charge in [0, 0.05) is 43.4 Å². The van der Waals surface area contributed by atoms with Gasteiger partial charge in [-0.15, -0.1) is 0 Å². The molecule has 4 heterocycles. The van der Waals surface area contributed by atoms with Crippen molar-refractivity contribution in [2.45, 2.75) is 57.5 Å². The Bertz CT molecular complexity index is 1740. The van der Waals surface area contributed by atoms with E-state index in [0.717, 1.165) is 6.07 Å². The van der Waals surface area contributed by atoms with Crippen molar-refractivity contribution >= 4 is 23.3 Å². The fourth-order valence-corrected chi connectivity index (χ4v) is 5.93. The minimum absolute atomic E-state index is 0.00784. The number of carbonyl (C=O) groups excluding carboxylic acids is 3. The second kappa shape index (κ2) is 10.8. The summed E-state index contributed by atoms with van der Waals surface area (Å²) >= 11 is 0. The Kier molecular flexibility index (Phi) is 7.07. The van der Waals surface area contributed by atoms with E-state index < -0.39 is 40.5 Å². The summed E-state index contributed by atoms with van der Waals surface area (Å²) in [5, 5.41) is 6.47. The quantitative estimate of drug-likeness (QED) is 0.469. The minimum atomic E-state index is -1.46. The molecule has 6 rings (SSSR count). The standard InChI is InChI=1S/C31H28F2N4O6/c1-17-10-11-31(28(39)18(2)35-43-31)24-15-36(17)30(41)25-27(42-16-19-6-4-3-5-7-19)26(38)22(14-37(24)25)29(40)34-13-20-8-9-21(32)12-23(20)33/h3-9,12,14,17,24H,10-11,13,15-16H2,1-2H3,(H,34,40)/t17-,24+,31+/m0/s1. The molecule has 2 aromatic carbocycles. The van der Waals surface area contributed by atoms with Gasteiger partial charge in [-0.2, -0.15) is 0 Å². The van der Waals surface area contributed by atoms with Crippen molar-refractivity contribution in [2.75, 3.05) is 6.54 Å². The van der Waals surface area contributed by atoms with Gasteiger partial charge in [-0.1, -0.05) is 41.6 Å². The molecule has 1 spiro atoms. The number of hydrogen-bond acceptors (Lipinski definition) is 7. The van der Waals surface area contributed by atoms with Crippen LogP contribution in [-0.2, 0) is 22.8 Å². The van der Waals surface area contributed by atoms with Crippen LogP contribution in [0, 0.1) is 11.6 Å². The Morgan fingerprint density at radius 3 is 2.63 bits per heavy atom. The van der Waals surface area contributed by atoms with Gasteiger partial charge in [0.1, 0.15) is 35.6 Å². The van der Waals surface area contributed by atoms with Crippen LogP contribution >= 0.6 is 0 Å². The Morgan fingerprint density at radius 2 is 1.93 bits per heavy atom. The number of fused-ring (bicyclic) bond motifs is 5. The molecule has 2 bridgehead atoms. The van der Waals surface area contributed by atoms with E-state index in [0.29, 0.717) is 18.1 Å². The van der Waals surface area contributed by atoms with Crippen LogP contribution in [0.15, 0.2) is 64.7 Å². The van der Waals surface area contributed by atoms with Crippen molar-refractivity contribution in [3.05, 3.63) is 99.0 Å². The molecule has 1 aromatic heterocycles. The maximum atomic E-state index is 14.2. The van der Waals surface area contributed by atoms with Crippen molar-refractivity contribution in [3.63, 3.8) is 0 Å². The Balaban J connectivity index is 1.47. The van der Waals surface area contributed by atoms with Crippen LogP contribution in [0.25, 0.3) is 0 Å². The molecule has 1 N–H and O–H groups in total. The van der Waals surface area contributed by atoms with Crippen molar-refractivity contribution < 1.29 is 32.7 Å². The van der Waals surface area contributed by atoms with Gasteiger partial charge < -0.3 is 24.4 Å². The van der Waals surface area contributed by atoms with Crippen molar-refractivity contribution in [1.82, 2.24) is 14.8 Å². The number of hydrogen-bond donors (Lipinski definition) is 1. The highest BCUT2D eigenvalue weighted by atomic mass is 19.1. The molecule has 10 nitrogen and oxygen atoms in total. The lowest BCUT2D eigenvalue weighted by molar-refractivity contribution is -0.140. The molecule has 3 atom stereocenters. The van der Waals surface area contributed by atoms with E-state index in [1.165, 1.54) is 16.8 Å². The van der Waals surface area contributed by atoms with Gasteiger partial charge in [0.25, 0.3) is 11.8 Å². The molecule has 222 valence electrons. The lowest BCUT2D eigenvalue weighted by Gasteiger charge is -2.41. The molecular weight excluding hydrogens is 562 g/mol. The molecule has 0 aliphatic carbocycles. The second-order valence-electron chi connectivity index (χ2n) is 11.0. The monoisotopic (exact) mass is 590 g/mol. The number of carbonyl (C=O) groups is 3. The highest BCUT2D eigenvalue weighted by Crippen LogP contribution is 2.45. The average Bonchev–Trinajstić information content (AvgIpc) is 3.20. The van der Waals surface area contributed by atoms with Gasteiger partial charge in [0.2, 0.25) is 16.8 Å². The summed E-state index contributed by atoms with van der Waals surface area (Å²) in [6.07, 6.45) is 1.91. The van der Waals surface area contributed by atoms with Gasteiger partial charge in [-0.25, -0.2) is 8.78 Å². The van der Waals surface area contributed by atoms with Gasteiger partial charge in [0.15, 0.2) is 11.4 Å². The molecule has 1 saturated heterocycles. The Labute approximate surface area is 244 Å². The lowest BCUT2D eigenvalue weighted by atomic mass is 9.83. The molecule has 1 fully saturated rings. The first-order chi connectivity index (χ1) is 20.6. The summed E-state index contributed by atoms with van der Waals surface area (Å²) < 4.78 is 35.0. The summed E-state index contributed by atoms with van der Waals surface area (Å²) in [4.78, 5) is 62.2. The summed E-state index contributed by atoms with van der Waals surface area (Å²) in [5.41, 5.74) is -1.89. The lowest BCUT2D eigenvalue weighted by Crippen LogP contribution is -2.55. The second-order valence-corrected chi connectivity index (χ2v) is 11.0. The van der Waals surface area contributed by atoms with Gasteiger partial charge in [0.05, 0.1) is 0 Å². The van der Waals surface area contributed by atoms with Crippen LogP contribution in [0.1, 0.15) is 64.7 Å². The van der Waals surface area contributed by atoms with Crippen LogP contribution in [0.2, 0.25) is 0 Å². The molecule has 2 amide bonds. The SMILES string of the molecule is CC1=NO[C@@]2(CC[C@H](C)N3C[C@H]2n2cc(C(=O)NCc4ccc(F)cc4F)c(=O)c(OCc4ccccc4)c2C3=O)C1=O. The van der Waals surface area contributed by atoms with Crippen LogP contribution in [0.3, 0.4) is 0 Å². The normalized spacial score (nSPS) is 22.5. The predicted molar refractivity (Wildman–Crippen MR) is 150 cm³/mol. The summed E-state index contributed by atoms with van der Waals surface area (Å²) in [7, 11) is 0. The smallest absolute Gasteiger partial charge is 0.274 e. The number of ketones is 1. The third-order valence-electron chi connectivity index (χ3n) is 8.35. The predicted octanol–water partition coefficient (Wildman–Crippen LogP) is 3.53. The molecule has 0 unspecified atom stereocenters. The highest BCUT2D eigenvalue weighted by molar-refractivity contribution is 6.43. The number of pyridine rings is 1. The zero-order chi connectivity index (χ0) is 30.5. The van der Waals surface area contributed by atoms with Gasteiger partial charge in [-0.3, -0.25) is 19.2 Å². The van der Waals surface area contributed by atoms with Crippen molar-refractivity contribution in [3.8, 4) is 5.75 Å². The third kappa shape index (κ3) is 4.76. The summed E-state index contributed by atoms with van der Waals surface area (Å²) in [6, 6.07) is 10.8. The molecule has 3 aliphatic rings. The number of amides is 2. The first-order valence-electron chi connectivity index (χ1n) is 13.9. The highest BCUT2D eigenvalue weighted by Gasteiger charge is 2.59. The number of halogens is 2. The van der Waals surface area contributed by atoms with Crippen LogP contribution < -0.4 is 15.5 Å². The number of ether oxygens (including phenoxy) is 1. The van der Waals surface area contributed by atoms with Crippen LogP contribution in [0.5, 0.6) is 5.75 Å². The summed E-state index contributed by atoms with van der Waals surface area (Å²) in [6.45, 7) is 3.06. The molecule has 0 radical (unpaired) electrons. The first kappa shape index (κ1) is 28.3. The van der Waals surface area contributed by atoms with Gasteiger partial charge in [-0.05, 0) is 31.9 Å². The number of nitrogens with one attached hydrogen (secondary N) is 1. The van der Waals surface area contributed by atoms with Crippen LogP contribution in [0.4, 0.5) is 8.78 Å². The number of rotatable bonds is 6. The Hall–Kier alpha value is -4.87. The fourth-order valence-electron chi connectivity index (χ4n) is 5.93. The number of Topliss-reactive ketones (excluding diaryl/α,β-unsaturated/α-hetero) is 1. The molecule has 43 heavy (non-hydrogen) atoms. The zero-order valence-electron chi connectivity index (χ0n) is 23.4. The topological polar surface area (TPSA) is 119 Å². The van der Waals surface area contributed by atoms with E-state index >= 15 is 0 Å². The molecule has 3 aromatic rings. The van der Waals surface area contributed by atoms with Crippen molar-refractivity contribution in [2.24, 2.45) is 5.16 Å². The Morgan fingerprint density at radius 1 is 1.16 bits per heavy atom. The number of benzene rings is 2. The van der Waals surface area contributed by atoms with Crippen LogP contribution in [-0.4, -0.2) is 51.0 Å². The van der Waals surface area contributed by atoms with Crippen molar-refractivity contribution in [1.29, 1.82) is 0 Å². The summed E-state index contributed by atoms with van der Waals surface area (Å²) in [5.74, 6) is -3.67. The molecule has 12 heteroatoms. The van der Waals surface area contributed by atoms with E-state index in [-0.39, 0.29) is 66.2 Å². The first-order valence-corrected chi connectivity index (χ1v) is 13.9. The number of oxime groups is 1. The maximum absolute atomic E-state index is 14.2. The molecule has 0 saturated carbocycles. The third-order valence-corrected chi connectivity index (χ3v) is 8.35. The van der Waals surface area contributed by atoms with Gasteiger partial charge >= 0.3 is 0 Å². The molecule has 3 aliphatic heterocycles. The zero-order valence-corrected chi connectivity index (χ0v) is 23.4. The minimum Gasteiger partial charge on any atom is -0.483 e. The van der Waals surface area contributed by atoms with E-state index in [1.807, 2.05) is 13.0 Å². The number of nitrogens with zero attached hydrogens (tertiary/aromatic N) is 3.